The summed E-state index contributed by atoms with van der Waals surface area (Å²) in [4.78, 5) is 8.60. The Labute approximate surface area is 126 Å². The highest BCUT2D eigenvalue weighted by Gasteiger charge is 2.07. The number of anilines is 1. The molecule has 5 heteroatoms. The Morgan fingerprint density at radius 3 is 2.38 bits per heavy atom. The standard InChI is InChI=1S/C14H17N3O2.C2H6/c1-4-15-14-16-8-7-11(17-14)10-5-6-12(18-2)13(9-10)19-3;1-2/h5-9H,4H2,1-3H3,(H,15,16,17);1-2H3. The van der Waals surface area contributed by atoms with Gasteiger partial charge < -0.3 is 14.8 Å². The second-order valence-corrected chi connectivity index (χ2v) is 3.87. The number of ether oxygens (including phenoxy) is 2. The zero-order valence-electron chi connectivity index (χ0n) is 13.3. The predicted octanol–water partition coefficient (Wildman–Crippen LogP) is 3.62. The number of nitrogens with one attached hydrogen (secondary N) is 1. The van der Waals surface area contributed by atoms with E-state index in [0.717, 1.165) is 17.8 Å². The lowest BCUT2D eigenvalue weighted by Gasteiger charge is -2.10. The first-order valence-corrected chi connectivity index (χ1v) is 7.07. The van der Waals surface area contributed by atoms with Gasteiger partial charge in [0, 0.05) is 18.3 Å². The minimum absolute atomic E-state index is 0.620. The molecule has 1 N–H and O–H groups in total. The van der Waals surface area contributed by atoms with Crippen LogP contribution in [0.15, 0.2) is 30.5 Å². The van der Waals surface area contributed by atoms with E-state index in [1.54, 1.807) is 20.4 Å². The van der Waals surface area contributed by atoms with Crippen molar-refractivity contribution in [3.05, 3.63) is 30.5 Å². The van der Waals surface area contributed by atoms with Crippen LogP contribution < -0.4 is 14.8 Å². The third kappa shape index (κ3) is 4.34. The van der Waals surface area contributed by atoms with E-state index >= 15 is 0 Å². The number of methoxy groups -OCH3 is 2. The molecule has 21 heavy (non-hydrogen) atoms. The molecule has 0 amide bonds. The van der Waals surface area contributed by atoms with Gasteiger partial charge >= 0.3 is 0 Å². The molecule has 5 nitrogen and oxygen atoms in total. The van der Waals surface area contributed by atoms with E-state index in [4.69, 9.17) is 9.47 Å². The molecule has 0 atom stereocenters. The Bertz CT molecular complexity index is 559. The molecular formula is C16H23N3O2. The first-order chi connectivity index (χ1) is 10.3. The average molecular weight is 289 g/mol. The molecule has 0 saturated heterocycles. The summed E-state index contributed by atoms with van der Waals surface area (Å²) in [6.45, 7) is 6.79. The van der Waals surface area contributed by atoms with Crippen molar-refractivity contribution in [1.29, 1.82) is 0 Å². The van der Waals surface area contributed by atoms with Gasteiger partial charge in [0.15, 0.2) is 11.5 Å². The minimum Gasteiger partial charge on any atom is -0.493 e. The average Bonchev–Trinajstić information content (AvgIpc) is 2.56. The van der Waals surface area contributed by atoms with Crippen LogP contribution in [-0.4, -0.2) is 30.7 Å². The van der Waals surface area contributed by atoms with E-state index in [0.29, 0.717) is 17.4 Å². The Balaban J connectivity index is 0.00000106. The molecule has 1 heterocycles. The second kappa shape index (κ2) is 8.79. The zero-order valence-corrected chi connectivity index (χ0v) is 13.3. The Hall–Kier alpha value is -2.30. The molecule has 1 aromatic carbocycles. The van der Waals surface area contributed by atoms with E-state index in [1.807, 2.05) is 45.0 Å². The Morgan fingerprint density at radius 2 is 1.76 bits per heavy atom. The molecule has 2 rings (SSSR count). The Kier molecular flexibility index (Phi) is 7.01. The highest BCUT2D eigenvalue weighted by Crippen LogP contribution is 2.31. The van der Waals surface area contributed by atoms with Gasteiger partial charge in [0.2, 0.25) is 5.95 Å². The predicted molar refractivity (Wildman–Crippen MR) is 86.1 cm³/mol. The van der Waals surface area contributed by atoms with Gasteiger partial charge in [-0.1, -0.05) is 13.8 Å². The van der Waals surface area contributed by atoms with Gasteiger partial charge in [0.25, 0.3) is 0 Å². The largest absolute Gasteiger partial charge is 0.493 e. The quantitative estimate of drug-likeness (QED) is 0.911. The molecular weight excluding hydrogens is 266 g/mol. The van der Waals surface area contributed by atoms with Crippen LogP contribution in [0.3, 0.4) is 0 Å². The topological polar surface area (TPSA) is 56.3 Å². The van der Waals surface area contributed by atoms with Crippen LogP contribution in [0, 0.1) is 0 Å². The van der Waals surface area contributed by atoms with E-state index in [1.165, 1.54) is 0 Å². The van der Waals surface area contributed by atoms with Crippen molar-refractivity contribution < 1.29 is 9.47 Å². The molecule has 114 valence electrons. The number of benzene rings is 1. The minimum atomic E-state index is 0.620. The Morgan fingerprint density at radius 1 is 1.05 bits per heavy atom. The fourth-order valence-corrected chi connectivity index (χ4v) is 1.76. The molecule has 0 aliphatic rings. The molecule has 0 unspecified atom stereocenters. The summed E-state index contributed by atoms with van der Waals surface area (Å²) in [5.41, 5.74) is 1.80. The maximum atomic E-state index is 5.29. The second-order valence-electron chi connectivity index (χ2n) is 3.87. The lowest BCUT2D eigenvalue weighted by atomic mass is 10.1. The lowest BCUT2D eigenvalue weighted by molar-refractivity contribution is 0.355. The van der Waals surface area contributed by atoms with Crippen molar-refractivity contribution in [3.8, 4) is 22.8 Å². The van der Waals surface area contributed by atoms with E-state index < -0.39 is 0 Å². The van der Waals surface area contributed by atoms with E-state index in [9.17, 15) is 0 Å². The van der Waals surface area contributed by atoms with Crippen molar-refractivity contribution in [2.75, 3.05) is 26.1 Å². The maximum Gasteiger partial charge on any atom is 0.223 e. The van der Waals surface area contributed by atoms with Gasteiger partial charge in [-0.25, -0.2) is 9.97 Å². The van der Waals surface area contributed by atoms with Gasteiger partial charge in [-0.3, -0.25) is 0 Å². The SMILES string of the molecule is CC.CCNc1nccc(-c2ccc(OC)c(OC)c2)n1. The molecule has 0 saturated carbocycles. The first kappa shape index (κ1) is 16.8. The summed E-state index contributed by atoms with van der Waals surface area (Å²) in [5, 5.41) is 3.09. The molecule has 0 spiro atoms. The van der Waals surface area contributed by atoms with Gasteiger partial charge in [-0.05, 0) is 31.2 Å². The maximum absolute atomic E-state index is 5.29. The third-order valence-corrected chi connectivity index (χ3v) is 2.67. The molecule has 0 aliphatic carbocycles. The van der Waals surface area contributed by atoms with E-state index in [2.05, 4.69) is 15.3 Å². The highest BCUT2D eigenvalue weighted by molar-refractivity contribution is 5.64. The molecule has 1 aromatic heterocycles. The van der Waals surface area contributed by atoms with Crippen molar-refractivity contribution in [2.24, 2.45) is 0 Å². The van der Waals surface area contributed by atoms with Gasteiger partial charge in [0.05, 0.1) is 19.9 Å². The normalized spacial score (nSPS) is 9.38. The van der Waals surface area contributed by atoms with Gasteiger partial charge in [-0.15, -0.1) is 0 Å². The molecule has 0 radical (unpaired) electrons. The summed E-state index contributed by atoms with van der Waals surface area (Å²) in [6.07, 6.45) is 1.73. The van der Waals surface area contributed by atoms with Crippen LogP contribution in [0.4, 0.5) is 5.95 Å². The van der Waals surface area contributed by atoms with Crippen molar-refractivity contribution in [1.82, 2.24) is 9.97 Å². The zero-order chi connectivity index (χ0) is 15.7. The van der Waals surface area contributed by atoms with Crippen LogP contribution in [-0.2, 0) is 0 Å². The summed E-state index contributed by atoms with van der Waals surface area (Å²) in [7, 11) is 3.23. The fraction of sp³-hybridized carbons (Fsp3) is 0.375. The van der Waals surface area contributed by atoms with Crippen LogP contribution in [0.25, 0.3) is 11.3 Å². The monoisotopic (exact) mass is 289 g/mol. The van der Waals surface area contributed by atoms with Gasteiger partial charge in [0.1, 0.15) is 0 Å². The van der Waals surface area contributed by atoms with Crippen molar-refractivity contribution in [3.63, 3.8) is 0 Å². The van der Waals surface area contributed by atoms with Crippen molar-refractivity contribution in [2.45, 2.75) is 20.8 Å². The number of aromatic nitrogens is 2. The molecule has 0 bridgehead atoms. The van der Waals surface area contributed by atoms with Crippen LogP contribution in [0.5, 0.6) is 11.5 Å². The van der Waals surface area contributed by atoms with Crippen molar-refractivity contribution >= 4 is 5.95 Å². The fourth-order valence-electron chi connectivity index (χ4n) is 1.76. The first-order valence-electron chi connectivity index (χ1n) is 7.07. The summed E-state index contributed by atoms with van der Waals surface area (Å²) in [5.74, 6) is 2.01. The summed E-state index contributed by atoms with van der Waals surface area (Å²) < 4.78 is 10.5. The number of rotatable bonds is 5. The van der Waals surface area contributed by atoms with Crippen LogP contribution in [0.1, 0.15) is 20.8 Å². The molecule has 2 aromatic rings. The van der Waals surface area contributed by atoms with Crippen LogP contribution in [0.2, 0.25) is 0 Å². The van der Waals surface area contributed by atoms with E-state index in [-0.39, 0.29) is 0 Å². The van der Waals surface area contributed by atoms with Gasteiger partial charge in [-0.2, -0.15) is 0 Å². The lowest BCUT2D eigenvalue weighted by Crippen LogP contribution is -2.02. The summed E-state index contributed by atoms with van der Waals surface area (Å²) in [6, 6.07) is 7.57. The highest BCUT2D eigenvalue weighted by atomic mass is 16.5. The van der Waals surface area contributed by atoms with Crippen LogP contribution >= 0.6 is 0 Å². The smallest absolute Gasteiger partial charge is 0.223 e. The summed E-state index contributed by atoms with van der Waals surface area (Å²) >= 11 is 0. The molecule has 0 aliphatic heterocycles. The number of hydrogen-bond donors (Lipinski definition) is 1. The third-order valence-electron chi connectivity index (χ3n) is 2.67. The number of nitrogens with zero attached hydrogens (tertiary/aromatic N) is 2. The molecule has 0 fully saturated rings. The number of hydrogen-bond acceptors (Lipinski definition) is 5.